The molecular formula is C17H24Cl2N4OS. The number of hydrogen-bond acceptors (Lipinski definition) is 5. The Labute approximate surface area is 164 Å². The predicted octanol–water partition coefficient (Wildman–Crippen LogP) is 3.47. The molecule has 5 nitrogen and oxygen atoms in total. The third-order valence-corrected chi connectivity index (χ3v) is 4.99. The molecule has 0 unspecified atom stereocenters. The summed E-state index contributed by atoms with van der Waals surface area (Å²) in [6, 6.07) is 8.81. The zero-order valence-corrected chi connectivity index (χ0v) is 16.6. The summed E-state index contributed by atoms with van der Waals surface area (Å²) in [4.78, 5) is 18.6. The summed E-state index contributed by atoms with van der Waals surface area (Å²) < 4.78 is 0. The van der Waals surface area contributed by atoms with E-state index in [-0.39, 0.29) is 30.7 Å². The molecule has 0 radical (unpaired) electrons. The summed E-state index contributed by atoms with van der Waals surface area (Å²) in [5.74, 6) is 0.0231. The van der Waals surface area contributed by atoms with Crippen molar-refractivity contribution in [1.82, 2.24) is 9.88 Å². The molecule has 25 heavy (non-hydrogen) atoms. The van der Waals surface area contributed by atoms with E-state index in [1.807, 2.05) is 10.3 Å². The van der Waals surface area contributed by atoms with Crippen LogP contribution in [0.4, 0.5) is 5.69 Å². The largest absolute Gasteiger partial charge is 0.382 e. The van der Waals surface area contributed by atoms with Gasteiger partial charge in [0.2, 0.25) is 0 Å². The van der Waals surface area contributed by atoms with Crippen LogP contribution in [0.2, 0.25) is 0 Å². The second-order valence-electron chi connectivity index (χ2n) is 5.91. The second-order valence-corrected chi connectivity index (χ2v) is 6.85. The molecular weight excluding hydrogens is 379 g/mol. The van der Waals surface area contributed by atoms with Crippen molar-refractivity contribution in [2.24, 2.45) is 5.73 Å². The normalized spacial score (nSPS) is 14.4. The van der Waals surface area contributed by atoms with Crippen molar-refractivity contribution in [1.29, 1.82) is 0 Å². The van der Waals surface area contributed by atoms with Crippen molar-refractivity contribution in [2.45, 2.75) is 32.4 Å². The maximum Gasteiger partial charge on any atom is 0.273 e. The van der Waals surface area contributed by atoms with E-state index >= 15 is 0 Å². The van der Waals surface area contributed by atoms with Gasteiger partial charge in [-0.1, -0.05) is 12.1 Å². The molecule has 8 heteroatoms. The van der Waals surface area contributed by atoms with Gasteiger partial charge >= 0.3 is 0 Å². The number of nitrogens with zero attached hydrogens (tertiary/aromatic N) is 2. The lowest BCUT2D eigenvalue weighted by Crippen LogP contribution is -2.42. The van der Waals surface area contributed by atoms with Crippen LogP contribution < -0.4 is 11.1 Å². The van der Waals surface area contributed by atoms with Crippen molar-refractivity contribution in [2.75, 3.05) is 18.4 Å². The molecule has 1 aliphatic rings. The van der Waals surface area contributed by atoms with Crippen molar-refractivity contribution in [3.8, 4) is 0 Å². The molecule has 2 heterocycles. The topological polar surface area (TPSA) is 71.2 Å². The van der Waals surface area contributed by atoms with E-state index in [9.17, 15) is 4.79 Å². The number of likely N-dealkylation sites (tertiary alicyclic amines) is 1. The van der Waals surface area contributed by atoms with Crippen molar-refractivity contribution in [3.63, 3.8) is 0 Å². The summed E-state index contributed by atoms with van der Waals surface area (Å²) in [6.07, 6.45) is 1.90. The summed E-state index contributed by atoms with van der Waals surface area (Å²) in [5, 5.41) is 6.18. The highest BCUT2D eigenvalue weighted by Crippen LogP contribution is 2.19. The number of carbonyl (C=O) groups is 1. The van der Waals surface area contributed by atoms with Gasteiger partial charge in [0.1, 0.15) is 10.7 Å². The van der Waals surface area contributed by atoms with Crippen molar-refractivity contribution in [3.05, 3.63) is 45.9 Å². The van der Waals surface area contributed by atoms with Gasteiger partial charge in [0, 0.05) is 36.7 Å². The first-order valence-electron chi connectivity index (χ1n) is 7.92. The number of benzene rings is 1. The minimum Gasteiger partial charge on any atom is -0.382 e. The molecule has 0 saturated carbocycles. The molecule has 3 N–H and O–H groups in total. The summed E-state index contributed by atoms with van der Waals surface area (Å²) in [6.45, 7) is 4.01. The number of nitrogens with two attached hydrogens (primary N) is 1. The van der Waals surface area contributed by atoms with Crippen molar-refractivity contribution < 1.29 is 4.79 Å². The van der Waals surface area contributed by atoms with Crippen LogP contribution in [0, 0.1) is 6.92 Å². The number of nitrogens with one attached hydrogen (secondary N) is 1. The SMILES string of the molecule is Cc1cccc(NC2CCN(C(=O)c3csc(CN)n3)CC2)c1.Cl.Cl. The molecule has 1 aromatic heterocycles. The average molecular weight is 403 g/mol. The van der Waals surface area contributed by atoms with Crippen LogP contribution in [0.15, 0.2) is 29.6 Å². The first-order valence-corrected chi connectivity index (χ1v) is 8.80. The maximum atomic E-state index is 12.4. The lowest BCUT2D eigenvalue weighted by atomic mass is 10.0. The number of halogens is 2. The summed E-state index contributed by atoms with van der Waals surface area (Å²) in [5.41, 5.74) is 8.49. The Bertz CT molecular complexity index is 687. The van der Waals surface area contributed by atoms with Crippen LogP contribution in [0.1, 0.15) is 33.9 Å². The predicted molar refractivity (Wildman–Crippen MR) is 108 cm³/mol. The number of rotatable bonds is 4. The third kappa shape index (κ3) is 5.57. The lowest BCUT2D eigenvalue weighted by molar-refractivity contribution is 0.0713. The molecule has 1 amide bonds. The molecule has 1 aromatic carbocycles. The van der Waals surface area contributed by atoms with Crippen LogP contribution in [0.25, 0.3) is 0 Å². The number of piperidine rings is 1. The molecule has 138 valence electrons. The Morgan fingerprint density at radius 3 is 2.68 bits per heavy atom. The Kier molecular flexibility index (Phi) is 8.65. The fraction of sp³-hybridized carbons (Fsp3) is 0.412. The van der Waals surface area contributed by atoms with E-state index in [0.29, 0.717) is 18.3 Å². The number of amides is 1. The van der Waals surface area contributed by atoms with Gasteiger partial charge in [0.05, 0.1) is 0 Å². The zero-order valence-electron chi connectivity index (χ0n) is 14.1. The van der Waals surface area contributed by atoms with Gasteiger partial charge < -0.3 is 16.0 Å². The molecule has 3 rings (SSSR count). The van der Waals surface area contributed by atoms with Gasteiger partial charge in [-0.2, -0.15) is 0 Å². The zero-order chi connectivity index (χ0) is 16.2. The number of thiazole rings is 1. The Hall–Kier alpha value is -1.34. The molecule has 0 spiro atoms. The Balaban J connectivity index is 0.00000156. The van der Waals surface area contributed by atoms with Crippen molar-refractivity contribution >= 4 is 47.7 Å². The van der Waals surface area contributed by atoms with Crippen LogP contribution >= 0.6 is 36.2 Å². The fourth-order valence-electron chi connectivity index (χ4n) is 2.86. The standard InChI is InChI=1S/C17H22N4OS.2ClH/c1-12-3-2-4-14(9-12)19-13-5-7-21(8-6-13)17(22)15-11-23-16(10-18)20-15;;/h2-4,9,11,13,19H,5-8,10,18H2,1H3;2*1H. The smallest absolute Gasteiger partial charge is 0.273 e. The third-order valence-electron chi connectivity index (χ3n) is 4.12. The van der Waals surface area contributed by atoms with Crippen LogP contribution in [-0.2, 0) is 6.54 Å². The highest BCUT2D eigenvalue weighted by atomic mass is 35.5. The molecule has 0 atom stereocenters. The quantitative estimate of drug-likeness (QED) is 0.820. The number of carbonyl (C=O) groups excluding carboxylic acids is 1. The Morgan fingerprint density at radius 1 is 1.36 bits per heavy atom. The van der Waals surface area contributed by atoms with Crippen LogP contribution in [0.3, 0.4) is 0 Å². The van der Waals surface area contributed by atoms with E-state index < -0.39 is 0 Å². The van der Waals surface area contributed by atoms with Gasteiger partial charge in [-0.3, -0.25) is 4.79 Å². The van der Waals surface area contributed by atoms with Gasteiger partial charge in [-0.15, -0.1) is 36.2 Å². The maximum absolute atomic E-state index is 12.4. The number of anilines is 1. The molecule has 0 bridgehead atoms. The average Bonchev–Trinajstić information content (AvgIpc) is 3.04. The van der Waals surface area contributed by atoms with E-state index in [0.717, 1.165) is 36.6 Å². The number of aryl methyl sites for hydroxylation is 1. The number of aromatic nitrogens is 1. The molecule has 1 saturated heterocycles. The van der Waals surface area contributed by atoms with E-state index in [1.165, 1.54) is 16.9 Å². The summed E-state index contributed by atoms with van der Waals surface area (Å²) >= 11 is 1.45. The first kappa shape index (κ1) is 21.7. The van der Waals surface area contributed by atoms with Crippen LogP contribution in [0.5, 0.6) is 0 Å². The van der Waals surface area contributed by atoms with E-state index in [2.05, 4.69) is 41.5 Å². The highest BCUT2D eigenvalue weighted by molar-refractivity contribution is 7.09. The minimum atomic E-state index is 0. The van der Waals surface area contributed by atoms with Gasteiger partial charge in [-0.25, -0.2) is 4.98 Å². The van der Waals surface area contributed by atoms with Crippen LogP contribution in [-0.4, -0.2) is 34.9 Å². The monoisotopic (exact) mass is 402 g/mol. The lowest BCUT2D eigenvalue weighted by Gasteiger charge is -2.32. The van der Waals surface area contributed by atoms with Gasteiger partial charge in [-0.05, 0) is 37.5 Å². The number of hydrogen-bond donors (Lipinski definition) is 2. The van der Waals surface area contributed by atoms with Gasteiger partial charge in [0.25, 0.3) is 5.91 Å². The van der Waals surface area contributed by atoms with Gasteiger partial charge in [0.15, 0.2) is 0 Å². The molecule has 2 aromatic rings. The fourth-order valence-corrected chi connectivity index (χ4v) is 3.51. The molecule has 1 aliphatic heterocycles. The first-order chi connectivity index (χ1) is 11.2. The summed E-state index contributed by atoms with van der Waals surface area (Å²) in [7, 11) is 0. The highest BCUT2D eigenvalue weighted by Gasteiger charge is 2.24. The second kappa shape index (κ2) is 9.97. The minimum absolute atomic E-state index is 0. The van der Waals surface area contributed by atoms with E-state index in [4.69, 9.17) is 5.73 Å². The molecule has 0 aliphatic carbocycles. The molecule has 1 fully saturated rings. The van der Waals surface area contributed by atoms with E-state index in [1.54, 1.807) is 0 Å². The Morgan fingerprint density at radius 2 is 2.08 bits per heavy atom.